The number of hydrogen-bond acceptors (Lipinski definition) is 1. The minimum atomic E-state index is 0.174. The predicted molar refractivity (Wildman–Crippen MR) is 55.5 cm³/mol. The summed E-state index contributed by atoms with van der Waals surface area (Å²) < 4.78 is 0. The minimum absolute atomic E-state index is 0.174. The van der Waals surface area contributed by atoms with Crippen LogP contribution in [0.2, 0.25) is 0 Å². The van der Waals surface area contributed by atoms with Crippen molar-refractivity contribution in [1.29, 1.82) is 0 Å². The molecular weight excluding hydrogens is 160 g/mol. The largest absolute Gasteiger partial charge is 0.295 e. The maximum absolute atomic E-state index is 11.4. The van der Waals surface area contributed by atoms with Crippen LogP contribution in [0.15, 0.2) is 23.3 Å². The Bertz CT molecular complexity index is 252. The summed E-state index contributed by atoms with van der Waals surface area (Å²) in [6.45, 7) is 6.11. The lowest BCUT2D eigenvalue weighted by molar-refractivity contribution is -0.117. The summed E-state index contributed by atoms with van der Waals surface area (Å²) in [7, 11) is 0. The molecule has 0 aromatic heterocycles. The van der Waals surface area contributed by atoms with Crippen molar-refractivity contribution in [2.24, 2.45) is 5.92 Å². The maximum Gasteiger partial charge on any atom is 0.158 e. The zero-order chi connectivity index (χ0) is 9.84. The van der Waals surface area contributed by atoms with E-state index in [0.717, 1.165) is 6.42 Å². The van der Waals surface area contributed by atoms with Crippen LogP contribution in [0.25, 0.3) is 0 Å². The Morgan fingerprint density at radius 3 is 2.54 bits per heavy atom. The van der Waals surface area contributed by atoms with Gasteiger partial charge in [-0.25, -0.2) is 0 Å². The first-order valence-electron chi connectivity index (χ1n) is 5.05. The summed E-state index contributed by atoms with van der Waals surface area (Å²) in [6.07, 6.45) is 7.09. The van der Waals surface area contributed by atoms with Gasteiger partial charge in [0, 0.05) is 5.92 Å². The van der Waals surface area contributed by atoms with Gasteiger partial charge in [0.15, 0.2) is 5.78 Å². The maximum atomic E-state index is 11.4. The Labute approximate surface area is 80.5 Å². The second kappa shape index (κ2) is 4.40. The van der Waals surface area contributed by atoms with Crippen LogP contribution < -0.4 is 0 Å². The molecule has 0 aliphatic heterocycles. The van der Waals surface area contributed by atoms with Gasteiger partial charge in [-0.1, -0.05) is 31.1 Å². The second-order valence-corrected chi connectivity index (χ2v) is 3.83. The van der Waals surface area contributed by atoms with Gasteiger partial charge in [-0.2, -0.15) is 0 Å². The van der Waals surface area contributed by atoms with Crippen LogP contribution in [0.4, 0.5) is 0 Å². The molecule has 0 aromatic rings. The van der Waals surface area contributed by atoms with Crippen LogP contribution in [0, 0.1) is 5.92 Å². The van der Waals surface area contributed by atoms with Gasteiger partial charge in [0.25, 0.3) is 0 Å². The summed E-state index contributed by atoms with van der Waals surface area (Å²) >= 11 is 0. The highest BCUT2D eigenvalue weighted by Gasteiger charge is 2.13. The van der Waals surface area contributed by atoms with E-state index in [1.54, 1.807) is 6.08 Å². The van der Waals surface area contributed by atoms with Crippen molar-refractivity contribution in [3.8, 4) is 0 Å². The molecule has 0 radical (unpaired) electrons. The van der Waals surface area contributed by atoms with Crippen molar-refractivity contribution in [3.63, 3.8) is 0 Å². The Hall–Kier alpha value is -0.850. The molecule has 1 unspecified atom stereocenters. The SMILES string of the molecule is CCC(C)C(=O)/C=C\C(C)=C1CC1. The molecule has 0 heterocycles. The standard InChI is InChI=1S/C12H18O/c1-4-9(2)12(13)8-5-10(3)11-6-7-11/h5,8-9H,4,6-7H2,1-3H3/b8-5-. The molecule has 1 aliphatic rings. The molecule has 0 aromatic carbocycles. The first-order chi connectivity index (χ1) is 6.15. The van der Waals surface area contributed by atoms with Gasteiger partial charge in [-0.3, -0.25) is 4.79 Å². The van der Waals surface area contributed by atoms with E-state index in [2.05, 4.69) is 6.92 Å². The van der Waals surface area contributed by atoms with Crippen LogP contribution in [0.3, 0.4) is 0 Å². The highest BCUT2D eigenvalue weighted by atomic mass is 16.1. The van der Waals surface area contributed by atoms with Crippen molar-refractivity contribution in [2.45, 2.75) is 40.0 Å². The molecule has 0 spiro atoms. The molecule has 0 N–H and O–H groups in total. The summed E-state index contributed by atoms with van der Waals surface area (Å²) in [6, 6.07) is 0. The lowest BCUT2D eigenvalue weighted by atomic mass is 10.0. The molecule has 1 nitrogen and oxygen atoms in total. The Morgan fingerprint density at radius 2 is 2.08 bits per heavy atom. The van der Waals surface area contributed by atoms with E-state index >= 15 is 0 Å². The molecule has 0 bridgehead atoms. The number of ketones is 1. The van der Waals surface area contributed by atoms with E-state index in [0.29, 0.717) is 0 Å². The van der Waals surface area contributed by atoms with Gasteiger partial charge in [0.05, 0.1) is 0 Å². The summed E-state index contributed by atoms with van der Waals surface area (Å²) in [5.74, 6) is 0.427. The van der Waals surface area contributed by atoms with Crippen molar-refractivity contribution >= 4 is 5.78 Å². The van der Waals surface area contributed by atoms with Crippen molar-refractivity contribution in [3.05, 3.63) is 23.3 Å². The van der Waals surface area contributed by atoms with Gasteiger partial charge in [0.2, 0.25) is 0 Å². The molecule has 1 aliphatic carbocycles. The Balaban J connectivity index is 2.48. The lowest BCUT2D eigenvalue weighted by Crippen LogP contribution is -2.05. The molecule has 1 rings (SSSR count). The first kappa shape index (κ1) is 10.2. The Kier molecular flexibility index (Phi) is 3.47. The third-order valence-electron chi connectivity index (χ3n) is 2.65. The topological polar surface area (TPSA) is 17.1 Å². The average Bonchev–Trinajstić information content (AvgIpc) is 2.95. The monoisotopic (exact) mass is 178 g/mol. The van der Waals surface area contributed by atoms with E-state index in [4.69, 9.17) is 0 Å². The van der Waals surface area contributed by atoms with Crippen LogP contribution in [0.5, 0.6) is 0 Å². The fourth-order valence-electron chi connectivity index (χ4n) is 1.15. The third kappa shape index (κ3) is 3.17. The van der Waals surface area contributed by atoms with Crippen LogP contribution in [-0.2, 0) is 4.79 Å². The molecule has 1 atom stereocenters. The van der Waals surface area contributed by atoms with Gasteiger partial charge in [0.1, 0.15) is 0 Å². The minimum Gasteiger partial charge on any atom is -0.295 e. The molecule has 0 amide bonds. The lowest BCUT2D eigenvalue weighted by Gasteiger charge is -2.01. The van der Waals surface area contributed by atoms with E-state index in [1.807, 2.05) is 19.9 Å². The molecule has 1 saturated carbocycles. The zero-order valence-electron chi connectivity index (χ0n) is 8.76. The predicted octanol–water partition coefficient (Wildman–Crippen LogP) is 3.27. The molecule has 1 fully saturated rings. The van der Waals surface area contributed by atoms with Crippen LogP contribution in [0.1, 0.15) is 40.0 Å². The van der Waals surface area contributed by atoms with Crippen molar-refractivity contribution in [2.75, 3.05) is 0 Å². The van der Waals surface area contributed by atoms with Gasteiger partial charge in [-0.15, -0.1) is 0 Å². The summed E-state index contributed by atoms with van der Waals surface area (Å²) in [4.78, 5) is 11.4. The normalized spacial score (nSPS) is 17.6. The molecule has 1 heteroatoms. The smallest absolute Gasteiger partial charge is 0.158 e. The number of allylic oxidation sites excluding steroid dienone is 4. The molecule has 0 saturated heterocycles. The zero-order valence-corrected chi connectivity index (χ0v) is 8.76. The van der Waals surface area contributed by atoms with E-state index in [-0.39, 0.29) is 11.7 Å². The third-order valence-corrected chi connectivity index (χ3v) is 2.65. The second-order valence-electron chi connectivity index (χ2n) is 3.83. The number of rotatable bonds is 4. The van der Waals surface area contributed by atoms with Gasteiger partial charge < -0.3 is 0 Å². The highest BCUT2D eigenvalue weighted by Crippen LogP contribution is 2.31. The van der Waals surface area contributed by atoms with E-state index in [1.165, 1.54) is 24.0 Å². The van der Waals surface area contributed by atoms with Gasteiger partial charge >= 0.3 is 0 Å². The van der Waals surface area contributed by atoms with E-state index < -0.39 is 0 Å². The van der Waals surface area contributed by atoms with Gasteiger partial charge in [-0.05, 0) is 32.3 Å². The quantitative estimate of drug-likeness (QED) is 0.604. The van der Waals surface area contributed by atoms with Crippen LogP contribution >= 0.6 is 0 Å². The number of carbonyl (C=O) groups excluding carboxylic acids is 1. The summed E-state index contributed by atoms with van der Waals surface area (Å²) in [5, 5.41) is 0. The Morgan fingerprint density at radius 1 is 1.46 bits per heavy atom. The van der Waals surface area contributed by atoms with Crippen LogP contribution in [-0.4, -0.2) is 5.78 Å². The average molecular weight is 178 g/mol. The number of carbonyl (C=O) groups is 1. The molecule has 72 valence electrons. The fourth-order valence-corrected chi connectivity index (χ4v) is 1.15. The highest BCUT2D eigenvalue weighted by molar-refractivity contribution is 5.91. The summed E-state index contributed by atoms with van der Waals surface area (Å²) in [5.41, 5.74) is 2.80. The van der Waals surface area contributed by atoms with Crippen molar-refractivity contribution in [1.82, 2.24) is 0 Å². The van der Waals surface area contributed by atoms with Crippen molar-refractivity contribution < 1.29 is 4.79 Å². The number of hydrogen-bond donors (Lipinski definition) is 0. The fraction of sp³-hybridized carbons (Fsp3) is 0.583. The molecular formula is C12H18O. The molecule has 13 heavy (non-hydrogen) atoms. The van der Waals surface area contributed by atoms with E-state index in [9.17, 15) is 4.79 Å². The first-order valence-corrected chi connectivity index (χ1v) is 5.05.